The molecule has 0 aromatic heterocycles. The zero-order valence-corrected chi connectivity index (χ0v) is 13.3. The molecule has 0 aliphatic heterocycles. The van der Waals surface area contributed by atoms with Crippen molar-refractivity contribution in [1.82, 2.24) is 0 Å². The first-order chi connectivity index (χ1) is 10.2. The molecular weight excluding hydrogens is 286 g/mol. The van der Waals surface area contributed by atoms with Gasteiger partial charge in [0.25, 0.3) is 0 Å². The maximum Gasteiger partial charge on any atom is 0.124 e. The Bertz CT molecular complexity index is 601. The van der Waals surface area contributed by atoms with Crippen LogP contribution in [-0.2, 0) is 11.3 Å². The molecule has 1 unspecified atom stereocenters. The van der Waals surface area contributed by atoms with E-state index in [1.54, 1.807) is 14.2 Å². The number of nitrogens with one attached hydrogen (secondary N) is 1. The van der Waals surface area contributed by atoms with Gasteiger partial charge in [0, 0.05) is 18.7 Å². The third-order valence-electron chi connectivity index (χ3n) is 3.35. The molecule has 0 fully saturated rings. The predicted molar refractivity (Wildman–Crippen MR) is 87.2 cm³/mol. The second-order valence-corrected chi connectivity index (χ2v) is 5.26. The number of ether oxygens (including phenoxy) is 2. The van der Waals surface area contributed by atoms with Crippen molar-refractivity contribution in [1.29, 1.82) is 0 Å². The summed E-state index contributed by atoms with van der Waals surface area (Å²) in [4.78, 5) is 0. The van der Waals surface area contributed by atoms with Crippen molar-refractivity contribution in [2.24, 2.45) is 0 Å². The van der Waals surface area contributed by atoms with E-state index in [-0.39, 0.29) is 6.04 Å². The molecule has 0 aliphatic rings. The Balaban J connectivity index is 2.21. The molecule has 2 aromatic rings. The lowest BCUT2D eigenvalue weighted by Gasteiger charge is -2.18. The normalized spacial score (nSPS) is 12.0. The van der Waals surface area contributed by atoms with E-state index in [1.807, 2.05) is 36.4 Å². The summed E-state index contributed by atoms with van der Waals surface area (Å²) in [5.74, 6) is 0.838. The van der Waals surface area contributed by atoms with Crippen LogP contribution in [0.1, 0.15) is 24.1 Å². The van der Waals surface area contributed by atoms with Gasteiger partial charge in [-0.15, -0.1) is 0 Å². The maximum atomic E-state index is 6.18. The van der Waals surface area contributed by atoms with Crippen LogP contribution in [0.15, 0.2) is 42.5 Å². The van der Waals surface area contributed by atoms with E-state index in [9.17, 15) is 0 Å². The second-order valence-electron chi connectivity index (χ2n) is 4.85. The molecule has 0 heterocycles. The Labute approximate surface area is 130 Å². The first-order valence-electron chi connectivity index (χ1n) is 6.82. The van der Waals surface area contributed by atoms with E-state index in [0.717, 1.165) is 27.6 Å². The highest BCUT2D eigenvalue weighted by molar-refractivity contribution is 6.33. The zero-order valence-electron chi connectivity index (χ0n) is 12.5. The predicted octanol–water partition coefficient (Wildman–Crippen LogP) is 4.67. The molecule has 0 bridgehead atoms. The lowest BCUT2D eigenvalue weighted by atomic mass is 10.0. The third kappa shape index (κ3) is 3.90. The van der Waals surface area contributed by atoms with E-state index in [0.29, 0.717) is 6.61 Å². The summed E-state index contributed by atoms with van der Waals surface area (Å²) in [5.41, 5.74) is 3.11. The molecule has 2 aromatic carbocycles. The number of para-hydroxylation sites is 1. The average molecular weight is 306 g/mol. The van der Waals surface area contributed by atoms with Gasteiger partial charge in [-0.3, -0.25) is 0 Å². The highest BCUT2D eigenvalue weighted by Gasteiger charge is 2.11. The topological polar surface area (TPSA) is 30.5 Å². The molecule has 21 heavy (non-hydrogen) atoms. The lowest BCUT2D eigenvalue weighted by molar-refractivity contribution is 0.181. The van der Waals surface area contributed by atoms with Gasteiger partial charge in [0.1, 0.15) is 5.75 Å². The van der Waals surface area contributed by atoms with Crippen molar-refractivity contribution in [3.63, 3.8) is 0 Å². The van der Waals surface area contributed by atoms with Crippen LogP contribution in [0.3, 0.4) is 0 Å². The fourth-order valence-corrected chi connectivity index (χ4v) is 2.42. The standard InChI is InChI=1S/C17H20ClNO2/c1-12(19-16-7-5-4-6-15(16)18)13-8-9-17(21-3)14(10-13)11-20-2/h4-10,12,19H,11H2,1-3H3. The summed E-state index contributed by atoms with van der Waals surface area (Å²) in [6.07, 6.45) is 0. The number of hydrogen-bond acceptors (Lipinski definition) is 3. The fraction of sp³-hybridized carbons (Fsp3) is 0.294. The molecule has 0 radical (unpaired) electrons. The van der Waals surface area contributed by atoms with Crippen LogP contribution in [0.5, 0.6) is 5.75 Å². The number of anilines is 1. The molecule has 1 N–H and O–H groups in total. The maximum absolute atomic E-state index is 6.18. The molecule has 0 saturated heterocycles. The summed E-state index contributed by atoms with van der Waals surface area (Å²) >= 11 is 6.18. The van der Waals surface area contributed by atoms with E-state index < -0.39 is 0 Å². The summed E-state index contributed by atoms with van der Waals surface area (Å²) in [6.45, 7) is 2.62. The van der Waals surface area contributed by atoms with Gasteiger partial charge in [-0.05, 0) is 36.8 Å². The molecule has 0 amide bonds. The van der Waals surface area contributed by atoms with Crippen LogP contribution in [0.4, 0.5) is 5.69 Å². The summed E-state index contributed by atoms with van der Waals surface area (Å²) < 4.78 is 10.6. The monoisotopic (exact) mass is 305 g/mol. The number of benzene rings is 2. The minimum absolute atomic E-state index is 0.131. The van der Waals surface area contributed by atoms with Gasteiger partial charge in [0.2, 0.25) is 0 Å². The molecule has 1 atom stereocenters. The molecule has 0 spiro atoms. The van der Waals surface area contributed by atoms with Gasteiger partial charge < -0.3 is 14.8 Å². The van der Waals surface area contributed by atoms with Crippen LogP contribution in [-0.4, -0.2) is 14.2 Å². The van der Waals surface area contributed by atoms with Crippen LogP contribution in [0.2, 0.25) is 5.02 Å². The molecule has 0 aliphatic carbocycles. The van der Waals surface area contributed by atoms with Crippen LogP contribution in [0.25, 0.3) is 0 Å². The van der Waals surface area contributed by atoms with Crippen LogP contribution < -0.4 is 10.1 Å². The van der Waals surface area contributed by atoms with Crippen LogP contribution >= 0.6 is 11.6 Å². The highest BCUT2D eigenvalue weighted by atomic mass is 35.5. The largest absolute Gasteiger partial charge is 0.496 e. The zero-order chi connectivity index (χ0) is 15.2. The van der Waals surface area contributed by atoms with Gasteiger partial charge in [-0.25, -0.2) is 0 Å². The van der Waals surface area contributed by atoms with Gasteiger partial charge in [-0.1, -0.05) is 29.8 Å². The average Bonchev–Trinajstić information content (AvgIpc) is 2.50. The smallest absolute Gasteiger partial charge is 0.124 e. The van der Waals surface area contributed by atoms with Crippen molar-refractivity contribution >= 4 is 17.3 Å². The highest BCUT2D eigenvalue weighted by Crippen LogP contribution is 2.28. The minimum atomic E-state index is 0.131. The number of methoxy groups -OCH3 is 2. The van der Waals surface area contributed by atoms with Gasteiger partial charge in [0.05, 0.1) is 24.4 Å². The van der Waals surface area contributed by atoms with E-state index in [1.165, 1.54) is 0 Å². The van der Waals surface area contributed by atoms with Crippen molar-refractivity contribution < 1.29 is 9.47 Å². The Hall–Kier alpha value is -1.71. The van der Waals surface area contributed by atoms with Gasteiger partial charge in [-0.2, -0.15) is 0 Å². The quantitative estimate of drug-likeness (QED) is 0.841. The Morgan fingerprint density at radius 1 is 1.14 bits per heavy atom. The first kappa shape index (κ1) is 15.7. The number of hydrogen-bond donors (Lipinski definition) is 1. The third-order valence-corrected chi connectivity index (χ3v) is 3.68. The summed E-state index contributed by atoms with van der Waals surface area (Å²) in [6, 6.07) is 14.0. The summed E-state index contributed by atoms with van der Waals surface area (Å²) in [7, 11) is 3.34. The fourth-order valence-electron chi connectivity index (χ4n) is 2.23. The van der Waals surface area contributed by atoms with Crippen molar-refractivity contribution in [2.45, 2.75) is 19.6 Å². The van der Waals surface area contributed by atoms with Crippen LogP contribution in [0, 0.1) is 0 Å². The second kappa shape index (κ2) is 7.34. The first-order valence-corrected chi connectivity index (χ1v) is 7.20. The molecular formula is C17H20ClNO2. The SMILES string of the molecule is COCc1cc(C(C)Nc2ccccc2Cl)ccc1OC. The van der Waals surface area contributed by atoms with Crippen molar-refractivity contribution in [2.75, 3.05) is 19.5 Å². The van der Waals surface area contributed by atoms with Crippen molar-refractivity contribution in [3.05, 3.63) is 58.6 Å². The van der Waals surface area contributed by atoms with E-state index in [2.05, 4.69) is 18.3 Å². The van der Waals surface area contributed by atoms with Gasteiger partial charge in [0.15, 0.2) is 0 Å². The Kier molecular flexibility index (Phi) is 5.48. The lowest BCUT2D eigenvalue weighted by Crippen LogP contribution is -2.08. The van der Waals surface area contributed by atoms with Gasteiger partial charge >= 0.3 is 0 Å². The minimum Gasteiger partial charge on any atom is -0.496 e. The molecule has 4 heteroatoms. The van der Waals surface area contributed by atoms with Crippen molar-refractivity contribution in [3.8, 4) is 5.75 Å². The molecule has 2 rings (SSSR count). The Morgan fingerprint density at radius 2 is 1.90 bits per heavy atom. The number of halogens is 1. The van der Waals surface area contributed by atoms with E-state index in [4.69, 9.17) is 21.1 Å². The Morgan fingerprint density at radius 3 is 2.57 bits per heavy atom. The molecule has 0 saturated carbocycles. The number of rotatable bonds is 6. The summed E-state index contributed by atoms with van der Waals surface area (Å²) in [5, 5.41) is 4.14. The molecule has 112 valence electrons. The molecule has 3 nitrogen and oxygen atoms in total. The van der Waals surface area contributed by atoms with E-state index >= 15 is 0 Å².